The van der Waals surface area contributed by atoms with Crippen LogP contribution in [0, 0.1) is 27.7 Å². The maximum Gasteiger partial charge on any atom is 0.268 e. The first kappa shape index (κ1) is 34.7. The largest absolute Gasteiger partial charge is 0.307 e. The van der Waals surface area contributed by atoms with Gasteiger partial charge in [-0.1, -0.05) is 103 Å². The molecule has 9 aromatic rings. The Morgan fingerprint density at radius 2 is 0.828 bits per heavy atom. The summed E-state index contributed by atoms with van der Waals surface area (Å²) in [6, 6.07) is 43.2. The number of para-hydroxylation sites is 2. The quantitative estimate of drug-likeness (QED) is 0.154. The highest BCUT2D eigenvalue weighted by atomic mass is 16.2. The third-order valence-electron chi connectivity index (χ3n) is 10.6. The average molecular weight is 755 g/mol. The fraction of sp³-hybridized carbons (Fsp3) is 0.0833. The number of imide groups is 1. The number of anilines is 1. The van der Waals surface area contributed by atoms with E-state index in [2.05, 4.69) is 26.7 Å². The standard InChI is InChI=1S/C48H34N8O2/c1-27-49-28(2)52-45(51-27)37-23-11-20-34-35-21-12-24-38(46-53-29(3)50-30(4)54-46)44(35)55(43(34)37)40-26-14-22-36-42(40)48(58)56(47(36)57)39-25-13-19-33(31-15-7-5-8-16-31)41(39)32-17-9-6-10-18-32/h5-26H,1-4H3. The molecule has 0 N–H and O–H groups in total. The maximum atomic E-state index is 15.3. The predicted molar refractivity (Wildman–Crippen MR) is 226 cm³/mol. The minimum absolute atomic E-state index is 0.283. The van der Waals surface area contributed by atoms with Gasteiger partial charge in [0.25, 0.3) is 11.8 Å². The molecule has 0 saturated carbocycles. The number of rotatable bonds is 6. The molecule has 1 aliphatic heterocycles. The van der Waals surface area contributed by atoms with Crippen LogP contribution >= 0.6 is 0 Å². The van der Waals surface area contributed by atoms with Gasteiger partial charge in [0.05, 0.1) is 33.5 Å². The number of carbonyl (C=O) groups is 2. The van der Waals surface area contributed by atoms with Gasteiger partial charge < -0.3 is 4.57 Å². The summed E-state index contributed by atoms with van der Waals surface area (Å²) in [5, 5.41) is 1.81. The van der Waals surface area contributed by atoms with Crippen LogP contribution in [0.25, 0.3) is 72.5 Å². The highest BCUT2D eigenvalue weighted by molar-refractivity contribution is 6.37. The van der Waals surface area contributed by atoms with Gasteiger partial charge in [-0.05, 0) is 74.7 Å². The van der Waals surface area contributed by atoms with Crippen molar-refractivity contribution in [3.8, 4) is 50.7 Å². The summed E-state index contributed by atoms with van der Waals surface area (Å²) in [6.45, 7) is 7.38. The van der Waals surface area contributed by atoms with E-state index in [0.717, 1.165) is 55.2 Å². The molecule has 58 heavy (non-hydrogen) atoms. The molecule has 0 spiro atoms. The lowest BCUT2D eigenvalue weighted by Gasteiger charge is -2.22. The first-order valence-electron chi connectivity index (χ1n) is 19.0. The molecule has 6 aromatic carbocycles. The van der Waals surface area contributed by atoms with Gasteiger partial charge in [0, 0.05) is 27.5 Å². The summed E-state index contributed by atoms with van der Waals surface area (Å²) < 4.78 is 2.06. The van der Waals surface area contributed by atoms with Crippen molar-refractivity contribution in [3.05, 3.63) is 168 Å². The van der Waals surface area contributed by atoms with E-state index in [0.29, 0.717) is 51.9 Å². The van der Waals surface area contributed by atoms with E-state index < -0.39 is 11.8 Å². The normalized spacial score (nSPS) is 12.5. The van der Waals surface area contributed by atoms with E-state index in [1.165, 1.54) is 4.90 Å². The molecule has 10 rings (SSSR count). The van der Waals surface area contributed by atoms with Gasteiger partial charge in [0.15, 0.2) is 11.6 Å². The highest BCUT2D eigenvalue weighted by Crippen LogP contribution is 2.46. The molecule has 10 nitrogen and oxygen atoms in total. The fourth-order valence-electron chi connectivity index (χ4n) is 8.36. The molecule has 278 valence electrons. The second kappa shape index (κ2) is 13.5. The molecule has 0 fully saturated rings. The van der Waals surface area contributed by atoms with E-state index in [1.807, 2.05) is 143 Å². The Kier molecular flexibility index (Phi) is 8.08. The lowest BCUT2D eigenvalue weighted by molar-refractivity contribution is 0.0926. The van der Waals surface area contributed by atoms with E-state index in [-0.39, 0.29) is 5.56 Å². The summed E-state index contributed by atoms with van der Waals surface area (Å²) >= 11 is 0. The minimum atomic E-state index is -0.429. The molecule has 1 aliphatic rings. The highest BCUT2D eigenvalue weighted by Gasteiger charge is 2.41. The average Bonchev–Trinajstić information content (AvgIpc) is 3.71. The molecule has 3 aromatic heterocycles. The number of hydrogen-bond donors (Lipinski definition) is 0. The number of amides is 2. The number of carbonyl (C=O) groups excluding carboxylic acids is 2. The predicted octanol–water partition coefficient (Wildman–Crippen LogP) is 9.86. The Bertz CT molecular complexity index is 3010. The Morgan fingerprint density at radius 1 is 0.379 bits per heavy atom. The Labute approximate surface area is 333 Å². The molecule has 0 radical (unpaired) electrons. The van der Waals surface area contributed by atoms with Crippen molar-refractivity contribution < 1.29 is 9.59 Å². The number of nitrogens with zero attached hydrogens (tertiary/aromatic N) is 8. The first-order valence-corrected chi connectivity index (χ1v) is 19.0. The topological polar surface area (TPSA) is 120 Å². The molecule has 2 amide bonds. The molecule has 0 atom stereocenters. The van der Waals surface area contributed by atoms with E-state index in [4.69, 9.17) is 19.9 Å². The lowest BCUT2D eigenvalue weighted by Crippen LogP contribution is -2.30. The zero-order chi connectivity index (χ0) is 39.7. The SMILES string of the molecule is Cc1nc(C)nc(-c2cccc3c4cccc(-c5nc(C)nc(C)n5)c4n(-c4cccc5c4C(=O)N(c4cccc(-c6ccccc6)c4-c4ccccc4)C5=O)c23)n1. The third-order valence-corrected chi connectivity index (χ3v) is 10.6. The van der Waals surface area contributed by atoms with Crippen LogP contribution in [0.2, 0.25) is 0 Å². The smallest absolute Gasteiger partial charge is 0.268 e. The van der Waals surface area contributed by atoms with E-state index >= 15 is 4.79 Å². The monoisotopic (exact) mass is 754 g/mol. The number of aromatic nitrogens is 7. The van der Waals surface area contributed by atoms with Crippen LogP contribution in [0.4, 0.5) is 5.69 Å². The molecule has 10 heteroatoms. The third kappa shape index (κ3) is 5.48. The van der Waals surface area contributed by atoms with Gasteiger partial charge in [0.1, 0.15) is 23.3 Å². The van der Waals surface area contributed by atoms with Crippen LogP contribution in [0.3, 0.4) is 0 Å². The van der Waals surface area contributed by atoms with Gasteiger partial charge in [-0.3, -0.25) is 9.59 Å². The van der Waals surface area contributed by atoms with Gasteiger partial charge in [-0.15, -0.1) is 0 Å². The molecule has 0 bridgehead atoms. The second-order valence-corrected chi connectivity index (χ2v) is 14.3. The molecule has 4 heterocycles. The van der Waals surface area contributed by atoms with E-state index in [9.17, 15) is 4.79 Å². The summed E-state index contributed by atoms with van der Waals surface area (Å²) in [4.78, 5) is 59.6. The minimum Gasteiger partial charge on any atom is -0.307 e. The fourth-order valence-corrected chi connectivity index (χ4v) is 8.36. The van der Waals surface area contributed by atoms with Crippen LogP contribution in [0.5, 0.6) is 0 Å². The number of benzene rings is 6. The van der Waals surface area contributed by atoms with Crippen molar-refractivity contribution in [2.24, 2.45) is 0 Å². The maximum absolute atomic E-state index is 15.3. The second-order valence-electron chi connectivity index (χ2n) is 14.3. The lowest BCUT2D eigenvalue weighted by atomic mass is 9.92. The number of hydrogen-bond acceptors (Lipinski definition) is 8. The van der Waals surface area contributed by atoms with Crippen molar-refractivity contribution in [2.45, 2.75) is 27.7 Å². The Hall–Kier alpha value is -7.72. The zero-order valence-corrected chi connectivity index (χ0v) is 32.1. The van der Waals surface area contributed by atoms with Crippen molar-refractivity contribution in [1.82, 2.24) is 34.5 Å². The van der Waals surface area contributed by atoms with Gasteiger partial charge in [-0.2, -0.15) is 0 Å². The molecule has 0 unspecified atom stereocenters. The molecule has 0 saturated heterocycles. The van der Waals surface area contributed by atoms with Gasteiger partial charge in [-0.25, -0.2) is 34.8 Å². The Morgan fingerprint density at radius 3 is 1.36 bits per heavy atom. The van der Waals surface area contributed by atoms with Crippen LogP contribution < -0.4 is 4.90 Å². The van der Waals surface area contributed by atoms with Crippen molar-refractivity contribution in [1.29, 1.82) is 0 Å². The summed E-state index contributed by atoms with van der Waals surface area (Å²) in [5.41, 5.74) is 8.17. The van der Waals surface area contributed by atoms with E-state index in [1.54, 1.807) is 6.07 Å². The number of fused-ring (bicyclic) bond motifs is 4. The van der Waals surface area contributed by atoms with Crippen LogP contribution in [-0.2, 0) is 0 Å². The van der Waals surface area contributed by atoms with Crippen LogP contribution in [0.15, 0.2) is 133 Å². The van der Waals surface area contributed by atoms with Crippen LogP contribution in [0.1, 0.15) is 44.0 Å². The Balaban J connectivity index is 1.28. The van der Waals surface area contributed by atoms with Gasteiger partial charge in [0.2, 0.25) is 0 Å². The van der Waals surface area contributed by atoms with Crippen molar-refractivity contribution >= 4 is 39.3 Å². The molecular weight excluding hydrogens is 721 g/mol. The zero-order valence-electron chi connectivity index (χ0n) is 32.1. The van der Waals surface area contributed by atoms with Crippen molar-refractivity contribution in [3.63, 3.8) is 0 Å². The summed E-state index contributed by atoms with van der Waals surface area (Å²) in [6.07, 6.45) is 0. The summed E-state index contributed by atoms with van der Waals surface area (Å²) in [5.74, 6) is 2.50. The van der Waals surface area contributed by atoms with Crippen LogP contribution in [-0.4, -0.2) is 46.3 Å². The number of aryl methyl sites for hydroxylation is 4. The molecule has 0 aliphatic carbocycles. The molecular formula is C48H34N8O2. The van der Waals surface area contributed by atoms with Crippen molar-refractivity contribution in [2.75, 3.05) is 4.90 Å². The first-order chi connectivity index (χ1) is 28.3. The summed E-state index contributed by atoms with van der Waals surface area (Å²) in [7, 11) is 0. The van der Waals surface area contributed by atoms with Gasteiger partial charge >= 0.3 is 0 Å².